The van der Waals surface area contributed by atoms with Gasteiger partial charge in [-0.2, -0.15) is 0 Å². The molecule has 0 aliphatic heterocycles. The van der Waals surface area contributed by atoms with E-state index < -0.39 is 0 Å². The van der Waals surface area contributed by atoms with Gasteiger partial charge in [0, 0.05) is 31.4 Å². The highest BCUT2D eigenvalue weighted by Crippen LogP contribution is 2.39. The van der Waals surface area contributed by atoms with Crippen LogP contribution in [0.25, 0.3) is 0 Å². The second-order valence-corrected chi connectivity index (χ2v) is 5.46. The van der Waals surface area contributed by atoms with Gasteiger partial charge in [-0.1, -0.05) is 0 Å². The first-order valence-corrected chi connectivity index (χ1v) is 8.24. The van der Waals surface area contributed by atoms with Crippen molar-refractivity contribution in [3.8, 4) is 17.2 Å². The van der Waals surface area contributed by atoms with Crippen LogP contribution in [0.4, 0.5) is 5.69 Å². The predicted octanol–water partition coefficient (Wildman–Crippen LogP) is 2.34. The second kappa shape index (κ2) is 10.8. The summed E-state index contributed by atoms with van der Waals surface area (Å²) in [5.74, 6) is 3.91. The van der Waals surface area contributed by atoms with E-state index in [9.17, 15) is 0 Å². The molecule has 0 saturated carbocycles. The Morgan fingerprint density at radius 2 is 1.74 bits per heavy atom. The Morgan fingerprint density at radius 3 is 2.19 bits per heavy atom. The van der Waals surface area contributed by atoms with Gasteiger partial charge in [0.25, 0.3) is 0 Å². The van der Waals surface area contributed by atoms with E-state index in [1.165, 1.54) is 0 Å². The van der Waals surface area contributed by atoms with Crippen LogP contribution in [-0.2, 0) is 13.6 Å². The van der Waals surface area contributed by atoms with Crippen LogP contribution in [0.5, 0.6) is 17.2 Å². The number of rotatable bonds is 7. The average Bonchev–Trinajstić information content (AvgIpc) is 2.97. The molecule has 0 aliphatic rings. The highest BCUT2D eigenvalue weighted by atomic mass is 127. The highest BCUT2D eigenvalue weighted by Gasteiger charge is 2.14. The van der Waals surface area contributed by atoms with E-state index in [0.717, 1.165) is 17.3 Å². The third-order valence-corrected chi connectivity index (χ3v) is 3.83. The fourth-order valence-corrected chi connectivity index (χ4v) is 2.34. The number of hydrogen-bond donors (Lipinski definition) is 2. The van der Waals surface area contributed by atoms with Gasteiger partial charge in [-0.25, -0.2) is 4.99 Å². The summed E-state index contributed by atoms with van der Waals surface area (Å²) in [6.07, 6.45) is 0. The summed E-state index contributed by atoms with van der Waals surface area (Å²) in [6.45, 7) is 5.02. The van der Waals surface area contributed by atoms with Crippen molar-refractivity contribution in [1.29, 1.82) is 0 Å². The van der Waals surface area contributed by atoms with Crippen molar-refractivity contribution in [2.45, 2.75) is 20.4 Å². The normalized spacial score (nSPS) is 10.8. The van der Waals surface area contributed by atoms with Crippen LogP contribution < -0.4 is 24.8 Å². The maximum atomic E-state index is 5.38. The summed E-state index contributed by atoms with van der Waals surface area (Å²) in [5.41, 5.74) is 0.758. The first kappa shape index (κ1) is 22.8. The molecular weight excluding hydrogens is 463 g/mol. The Balaban J connectivity index is 0.00000364. The van der Waals surface area contributed by atoms with Gasteiger partial charge in [0.1, 0.15) is 12.4 Å². The fourth-order valence-electron chi connectivity index (χ4n) is 2.34. The zero-order valence-electron chi connectivity index (χ0n) is 16.5. The molecule has 2 N–H and O–H groups in total. The molecule has 0 bridgehead atoms. The predicted molar refractivity (Wildman–Crippen MR) is 116 cm³/mol. The Morgan fingerprint density at radius 1 is 1.11 bits per heavy atom. The van der Waals surface area contributed by atoms with Crippen LogP contribution >= 0.6 is 24.0 Å². The number of aromatic nitrogens is 3. The molecule has 0 fully saturated rings. The molecule has 1 aromatic heterocycles. The van der Waals surface area contributed by atoms with E-state index in [0.29, 0.717) is 36.3 Å². The van der Waals surface area contributed by atoms with E-state index in [-0.39, 0.29) is 24.0 Å². The van der Waals surface area contributed by atoms with Gasteiger partial charge in [-0.15, -0.1) is 34.2 Å². The van der Waals surface area contributed by atoms with Gasteiger partial charge in [0.15, 0.2) is 23.3 Å². The molecule has 0 saturated heterocycles. The Bertz CT molecular complexity index is 753. The maximum absolute atomic E-state index is 5.38. The van der Waals surface area contributed by atoms with Crippen molar-refractivity contribution in [2.75, 3.05) is 33.2 Å². The van der Waals surface area contributed by atoms with E-state index in [2.05, 4.69) is 25.8 Å². The van der Waals surface area contributed by atoms with Gasteiger partial charge in [0.05, 0.1) is 21.3 Å². The maximum Gasteiger partial charge on any atom is 0.203 e. The van der Waals surface area contributed by atoms with Crippen molar-refractivity contribution in [3.63, 3.8) is 0 Å². The molecule has 2 rings (SSSR count). The molecule has 150 valence electrons. The van der Waals surface area contributed by atoms with Crippen molar-refractivity contribution in [3.05, 3.63) is 23.8 Å². The monoisotopic (exact) mass is 490 g/mol. The number of ether oxygens (including phenoxy) is 3. The average molecular weight is 490 g/mol. The van der Waals surface area contributed by atoms with E-state index in [4.69, 9.17) is 14.2 Å². The first-order chi connectivity index (χ1) is 12.5. The number of nitrogens with zero attached hydrogens (tertiary/aromatic N) is 4. The zero-order chi connectivity index (χ0) is 19.1. The minimum atomic E-state index is 0. The summed E-state index contributed by atoms with van der Waals surface area (Å²) in [5, 5.41) is 14.6. The summed E-state index contributed by atoms with van der Waals surface area (Å²) in [7, 11) is 6.65. The van der Waals surface area contributed by atoms with Crippen LogP contribution in [0.1, 0.15) is 18.6 Å². The molecule has 0 amide bonds. The minimum absolute atomic E-state index is 0. The van der Waals surface area contributed by atoms with Gasteiger partial charge < -0.3 is 29.4 Å². The Hall–Kier alpha value is -2.24. The van der Waals surface area contributed by atoms with Crippen LogP contribution in [-0.4, -0.2) is 48.6 Å². The van der Waals surface area contributed by atoms with Crippen molar-refractivity contribution < 1.29 is 14.2 Å². The molecule has 0 aliphatic carbocycles. The number of hydrogen-bond acceptors (Lipinski definition) is 6. The largest absolute Gasteiger partial charge is 0.493 e. The van der Waals surface area contributed by atoms with E-state index in [1.54, 1.807) is 21.3 Å². The molecule has 0 radical (unpaired) electrons. The quantitative estimate of drug-likeness (QED) is 0.350. The lowest BCUT2D eigenvalue weighted by Crippen LogP contribution is -2.30. The zero-order valence-corrected chi connectivity index (χ0v) is 18.8. The molecule has 0 unspecified atom stereocenters. The lowest BCUT2D eigenvalue weighted by Gasteiger charge is -2.16. The SMILES string of the molecule is CCNC(=NCc1nnc(C)n1C)Nc1cc(OC)c(OC)c(OC)c1.I. The molecular formula is C17H27IN6O3. The van der Waals surface area contributed by atoms with Crippen LogP contribution in [0, 0.1) is 6.92 Å². The molecule has 9 nitrogen and oxygen atoms in total. The molecule has 0 atom stereocenters. The van der Waals surface area contributed by atoms with Gasteiger partial charge >= 0.3 is 0 Å². The van der Waals surface area contributed by atoms with E-state index >= 15 is 0 Å². The number of halogens is 1. The summed E-state index contributed by atoms with van der Waals surface area (Å²) in [6, 6.07) is 3.64. The van der Waals surface area contributed by atoms with Gasteiger partial charge in [0.2, 0.25) is 5.75 Å². The van der Waals surface area contributed by atoms with Gasteiger partial charge in [-0.05, 0) is 13.8 Å². The first-order valence-electron chi connectivity index (χ1n) is 8.24. The number of nitrogens with one attached hydrogen (secondary N) is 2. The minimum Gasteiger partial charge on any atom is -0.493 e. The second-order valence-electron chi connectivity index (χ2n) is 5.46. The molecule has 1 heterocycles. The van der Waals surface area contributed by atoms with Crippen LogP contribution in [0.2, 0.25) is 0 Å². The number of methoxy groups -OCH3 is 3. The highest BCUT2D eigenvalue weighted by molar-refractivity contribution is 14.0. The van der Waals surface area contributed by atoms with Crippen LogP contribution in [0.3, 0.4) is 0 Å². The lowest BCUT2D eigenvalue weighted by molar-refractivity contribution is 0.324. The fraction of sp³-hybridized carbons (Fsp3) is 0.471. The van der Waals surface area contributed by atoms with Crippen molar-refractivity contribution in [1.82, 2.24) is 20.1 Å². The smallest absolute Gasteiger partial charge is 0.203 e. The van der Waals surface area contributed by atoms with Crippen molar-refractivity contribution in [2.24, 2.45) is 12.0 Å². The molecule has 10 heteroatoms. The summed E-state index contributed by atoms with van der Waals surface area (Å²) in [4.78, 5) is 4.56. The summed E-state index contributed by atoms with van der Waals surface area (Å²) >= 11 is 0. The number of aryl methyl sites for hydroxylation is 1. The third-order valence-electron chi connectivity index (χ3n) is 3.83. The third kappa shape index (κ3) is 5.62. The summed E-state index contributed by atoms with van der Waals surface area (Å²) < 4.78 is 18.0. The standard InChI is InChI=1S/C17H26N6O3.HI/c1-7-18-17(19-10-15-22-21-11(2)23(15)3)20-12-8-13(24-4)16(26-6)14(9-12)25-5;/h8-9H,7,10H2,1-6H3,(H2,18,19,20);1H. The molecule has 27 heavy (non-hydrogen) atoms. The topological polar surface area (TPSA) is 94.8 Å². The lowest BCUT2D eigenvalue weighted by atomic mass is 10.2. The van der Waals surface area contributed by atoms with Crippen molar-refractivity contribution >= 4 is 35.6 Å². The number of anilines is 1. The Kier molecular flexibility index (Phi) is 9.12. The molecule has 2 aromatic rings. The van der Waals surface area contributed by atoms with E-state index in [1.807, 2.05) is 37.6 Å². The molecule has 1 aromatic carbocycles. The Labute approximate surface area is 176 Å². The number of guanidine groups is 1. The van der Waals surface area contributed by atoms with Crippen LogP contribution in [0.15, 0.2) is 17.1 Å². The number of benzene rings is 1. The number of aliphatic imine (C=N–C) groups is 1. The van der Waals surface area contributed by atoms with Gasteiger partial charge in [-0.3, -0.25) is 0 Å². The molecule has 0 spiro atoms.